The van der Waals surface area contributed by atoms with E-state index >= 15 is 0 Å². The maximum atomic E-state index is 12.7. The smallest absolute Gasteiger partial charge is 0.269 e. The van der Waals surface area contributed by atoms with Crippen LogP contribution in [0.25, 0.3) is 6.08 Å². The number of rotatable bonds is 6. The van der Waals surface area contributed by atoms with Crippen molar-refractivity contribution in [2.75, 3.05) is 32.8 Å². The number of nitro benzene ring substituents is 1. The third-order valence-electron chi connectivity index (χ3n) is 4.46. The van der Waals surface area contributed by atoms with Crippen molar-refractivity contribution in [3.05, 3.63) is 56.0 Å². The zero-order valence-corrected chi connectivity index (χ0v) is 18.2. The maximum Gasteiger partial charge on any atom is 0.269 e. The molecule has 0 N–H and O–H groups in total. The molecule has 0 saturated carbocycles. The van der Waals surface area contributed by atoms with Crippen LogP contribution in [0, 0.1) is 10.1 Å². The Hall–Kier alpha value is -2.27. The Morgan fingerprint density at radius 2 is 1.97 bits per heavy atom. The van der Waals surface area contributed by atoms with Gasteiger partial charge in [-0.05, 0) is 29.8 Å². The molecule has 0 radical (unpaired) electrons. The molecule has 0 atom stereocenters. The molecule has 1 aromatic rings. The number of non-ortho nitro benzene ring substituents is 1. The Bertz CT molecular complexity index is 927. The van der Waals surface area contributed by atoms with Crippen LogP contribution in [-0.2, 0) is 14.3 Å². The van der Waals surface area contributed by atoms with Gasteiger partial charge in [0.15, 0.2) is 0 Å². The standard InChI is InChI=1S/C19H18ClN3O5S2/c20-14(11-13-1-3-15(4-2-13)23(26)27)12-16-18(25)22(19(29)30-16)6-5-17(24)21-7-9-28-10-8-21/h1-4,11-12H,5-10H2. The summed E-state index contributed by atoms with van der Waals surface area (Å²) in [5.74, 6) is -0.331. The van der Waals surface area contributed by atoms with E-state index in [0.29, 0.717) is 41.1 Å². The number of ether oxygens (including phenoxy) is 1. The molecule has 11 heteroatoms. The lowest BCUT2D eigenvalue weighted by molar-refractivity contribution is -0.384. The molecule has 2 fully saturated rings. The summed E-state index contributed by atoms with van der Waals surface area (Å²) in [5, 5.41) is 11.0. The Morgan fingerprint density at radius 1 is 1.30 bits per heavy atom. The lowest BCUT2D eigenvalue weighted by Crippen LogP contribution is -2.42. The number of halogens is 1. The minimum absolute atomic E-state index is 0.0178. The molecule has 158 valence electrons. The second kappa shape index (κ2) is 10.2. The van der Waals surface area contributed by atoms with E-state index in [1.807, 2.05) is 0 Å². The molecule has 2 aliphatic heterocycles. The summed E-state index contributed by atoms with van der Waals surface area (Å²) >= 11 is 12.6. The fourth-order valence-corrected chi connectivity index (χ4v) is 4.49. The Morgan fingerprint density at radius 3 is 2.60 bits per heavy atom. The Kier molecular flexibility index (Phi) is 7.59. The number of carbonyl (C=O) groups is 2. The highest BCUT2D eigenvalue weighted by Crippen LogP contribution is 2.33. The molecule has 0 unspecified atom stereocenters. The van der Waals surface area contributed by atoms with Crippen LogP contribution in [0.2, 0.25) is 0 Å². The van der Waals surface area contributed by atoms with E-state index in [1.54, 1.807) is 23.1 Å². The van der Waals surface area contributed by atoms with Gasteiger partial charge in [-0.3, -0.25) is 24.6 Å². The van der Waals surface area contributed by atoms with Crippen molar-refractivity contribution in [3.63, 3.8) is 0 Å². The molecule has 1 aromatic carbocycles. The van der Waals surface area contributed by atoms with Crippen LogP contribution in [0.4, 0.5) is 5.69 Å². The van der Waals surface area contributed by atoms with Gasteiger partial charge in [0.05, 0.1) is 23.0 Å². The number of nitro groups is 1. The largest absolute Gasteiger partial charge is 0.378 e. The molecule has 0 aliphatic carbocycles. The summed E-state index contributed by atoms with van der Waals surface area (Å²) in [7, 11) is 0. The molecule has 2 heterocycles. The van der Waals surface area contributed by atoms with Crippen molar-refractivity contribution < 1.29 is 19.2 Å². The van der Waals surface area contributed by atoms with Crippen molar-refractivity contribution >= 4 is 63.5 Å². The maximum absolute atomic E-state index is 12.7. The number of carbonyl (C=O) groups excluding carboxylic acids is 2. The van der Waals surface area contributed by atoms with Crippen molar-refractivity contribution in [3.8, 4) is 0 Å². The SMILES string of the molecule is O=C(CCN1C(=O)C(=CC(Cl)=Cc2ccc([N+](=O)[O-])cc2)SC1=S)N1CCOCC1. The van der Waals surface area contributed by atoms with Crippen molar-refractivity contribution in [2.45, 2.75) is 6.42 Å². The molecule has 0 aromatic heterocycles. The normalized spacial score (nSPS) is 19.0. The highest BCUT2D eigenvalue weighted by Gasteiger charge is 2.32. The van der Waals surface area contributed by atoms with Crippen LogP contribution in [0.15, 0.2) is 40.3 Å². The van der Waals surface area contributed by atoms with Crippen LogP contribution < -0.4 is 0 Å². The van der Waals surface area contributed by atoms with Crippen LogP contribution in [0.1, 0.15) is 12.0 Å². The average Bonchev–Trinajstić information content (AvgIpc) is 2.99. The summed E-state index contributed by atoms with van der Waals surface area (Å²) in [5.41, 5.74) is 0.643. The highest BCUT2D eigenvalue weighted by molar-refractivity contribution is 8.26. The van der Waals surface area contributed by atoms with E-state index in [1.165, 1.54) is 23.1 Å². The molecule has 2 aliphatic rings. The monoisotopic (exact) mass is 467 g/mol. The average molecular weight is 468 g/mol. The minimum Gasteiger partial charge on any atom is -0.378 e. The first-order valence-electron chi connectivity index (χ1n) is 9.07. The zero-order chi connectivity index (χ0) is 21.7. The minimum atomic E-state index is -0.482. The van der Waals surface area contributed by atoms with Crippen LogP contribution >= 0.6 is 35.6 Å². The quantitative estimate of drug-likeness (QED) is 0.274. The number of allylic oxidation sites excluding steroid dienone is 2. The number of nitrogens with zero attached hydrogens (tertiary/aromatic N) is 3. The van der Waals surface area contributed by atoms with Gasteiger partial charge in [-0.25, -0.2) is 0 Å². The van der Waals surface area contributed by atoms with Gasteiger partial charge in [0.1, 0.15) is 4.32 Å². The first-order valence-corrected chi connectivity index (χ1v) is 10.7. The lowest BCUT2D eigenvalue weighted by Gasteiger charge is -2.27. The summed E-state index contributed by atoms with van der Waals surface area (Å²) < 4.78 is 5.61. The van der Waals surface area contributed by atoms with Gasteiger partial charge in [0.25, 0.3) is 11.6 Å². The topological polar surface area (TPSA) is 93.0 Å². The van der Waals surface area contributed by atoms with Gasteiger partial charge in [-0.15, -0.1) is 0 Å². The van der Waals surface area contributed by atoms with Crippen molar-refractivity contribution in [1.29, 1.82) is 0 Å². The summed E-state index contributed by atoms with van der Waals surface area (Å²) in [6.45, 7) is 2.37. The molecule has 30 heavy (non-hydrogen) atoms. The van der Waals surface area contributed by atoms with E-state index in [9.17, 15) is 19.7 Å². The molecular formula is C19H18ClN3O5S2. The van der Waals surface area contributed by atoms with Gasteiger partial charge < -0.3 is 9.64 Å². The first kappa shape index (κ1) is 22.4. The molecule has 3 rings (SSSR count). The summed E-state index contributed by atoms with van der Waals surface area (Å²) in [4.78, 5) is 38.7. The molecule has 8 nitrogen and oxygen atoms in total. The fraction of sp³-hybridized carbons (Fsp3) is 0.316. The predicted molar refractivity (Wildman–Crippen MR) is 119 cm³/mol. The van der Waals surface area contributed by atoms with E-state index in [4.69, 9.17) is 28.6 Å². The zero-order valence-electron chi connectivity index (χ0n) is 15.8. The number of thiocarbonyl (C=S) groups is 1. The van der Waals surface area contributed by atoms with E-state index in [0.717, 1.165) is 11.8 Å². The summed E-state index contributed by atoms with van der Waals surface area (Å²) in [6.07, 6.45) is 3.29. The molecule has 0 spiro atoms. The molecule has 2 amide bonds. The number of benzene rings is 1. The van der Waals surface area contributed by atoms with Crippen molar-refractivity contribution in [1.82, 2.24) is 9.80 Å². The van der Waals surface area contributed by atoms with Crippen LogP contribution in [0.5, 0.6) is 0 Å². The predicted octanol–water partition coefficient (Wildman–Crippen LogP) is 3.17. The second-order valence-electron chi connectivity index (χ2n) is 6.45. The number of thioether (sulfide) groups is 1. The van der Waals surface area contributed by atoms with Crippen molar-refractivity contribution in [2.24, 2.45) is 0 Å². The lowest BCUT2D eigenvalue weighted by atomic mass is 10.2. The number of hydrogen-bond acceptors (Lipinski definition) is 7. The van der Waals surface area contributed by atoms with E-state index < -0.39 is 4.92 Å². The van der Waals surface area contributed by atoms with Crippen LogP contribution in [-0.4, -0.2) is 63.7 Å². The van der Waals surface area contributed by atoms with Gasteiger partial charge in [-0.2, -0.15) is 0 Å². The molecule has 2 saturated heterocycles. The molecular weight excluding hydrogens is 450 g/mol. The Labute approximate surface area is 187 Å². The first-order chi connectivity index (χ1) is 14.3. The van der Waals surface area contributed by atoms with Gasteiger partial charge in [0, 0.05) is 43.2 Å². The number of morpholine rings is 1. The third-order valence-corrected chi connectivity index (χ3v) is 6.06. The van der Waals surface area contributed by atoms with Gasteiger partial charge >= 0.3 is 0 Å². The highest BCUT2D eigenvalue weighted by atomic mass is 35.5. The summed E-state index contributed by atoms with van der Waals surface area (Å²) in [6, 6.07) is 5.88. The van der Waals surface area contributed by atoms with Gasteiger partial charge in [0.2, 0.25) is 5.91 Å². The van der Waals surface area contributed by atoms with Crippen LogP contribution in [0.3, 0.4) is 0 Å². The Balaban J connectivity index is 1.62. The number of amides is 2. The second-order valence-corrected chi connectivity index (χ2v) is 8.57. The third kappa shape index (κ3) is 5.66. The number of hydrogen-bond donors (Lipinski definition) is 0. The van der Waals surface area contributed by atoms with Gasteiger partial charge in [-0.1, -0.05) is 35.6 Å². The molecule has 0 bridgehead atoms. The van der Waals surface area contributed by atoms with E-state index in [-0.39, 0.29) is 35.5 Å². The fourth-order valence-electron chi connectivity index (χ4n) is 2.89. The van der Waals surface area contributed by atoms with E-state index in [2.05, 4.69) is 0 Å².